The molecule has 0 spiro atoms. The van der Waals surface area contributed by atoms with E-state index in [1.54, 1.807) is 12.3 Å². The normalized spacial score (nSPS) is 9.71. The third kappa shape index (κ3) is 1.98. The van der Waals surface area contributed by atoms with Crippen molar-refractivity contribution in [3.8, 4) is 11.6 Å². The van der Waals surface area contributed by atoms with Crippen LogP contribution < -0.4 is 10.5 Å². The van der Waals surface area contributed by atoms with Crippen molar-refractivity contribution < 1.29 is 4.74 Å². The molecule has 0 amide bonds. The summed E-state index contributed by atoms with van der Waals surface area (Å²) in [7, 11) is 0. The first kappa shape index (κ1) is 8.50. The van der Waals surface area contributed by atoms with Crippen molar-refractivity contribution >= 4 is 5.95 Å². The number of benzene rings is 1. The lowest BCUT2D eigenvalue weighted by Gasteiger charge is -2.03. The van der Waals surface area contributed by atoms with Crippen molar-refractivity contribution in [2.24, 2.45) is 0 Å². The number of rotatable bonds is 2. The molecule has 0 radical (unpaired) electrons. The van der Waals surface area contributed by atoms with E-state index in [0.717, 1.165) is 5.75 Å². The zero-order valence-electron chi connectivity index (χ0n) is 7.42. The van der Waals surface area contributed by atoms with Gasteiger partial charge in [0.2, 0.25) is 11.8 Å². The van der Waals surface area contributed by atoms with Crippen LogP contribution in [-0.4, -0.2) is 9.97 Å². The molecule has 0 fully saturated rings. The van der Waals surface area contributed by atoms with Gasteiger partial charge in [0.05, 0.1) is 0 Å². The Morgan fingerprint density at radius 2 is 1.86 bits per heavy atom. The number of hydrogen-bond donors (Lipinski definition) is 1. The van der Waals surface area contributed by atoms with Gasteiger partial charge in [0.25, 0.3) is 0 Å². The molecule has 1 heterocycles. The maximum absolute atomic E-state index is 5.43. The predicted octanol–water partition coefficient (Wildman–Crippen LogP) is 1.85. The van der Waals surface area contributed by atoms with Gasteiger partial charge in [-0.15, -0.1) is 0 Å². The molecule has 70 valence electrons. The molecule has 14 heavy (non-hydrogen) atoms. The summed E-state index contributed by atoms with van der Waals surface area (Å²) in [4.78, 5) is 7.68. The highest BCUT2D eigenvalue weighted by Gasteiger charge is 1.97. The smallest absolute Gasteiger partial charge is 0.224 e. The molecule has 0 saturated heterocycles. The van der Waals surface area contributed by atoms with Gasteiger partial charge in [0.1, 0.15) is 5.75 Å². The van der Waals surface area contributed by atoms with Gasteiger partial charge in [0, 0.05) is 12.3 Å². The number of nitrogens with zero attached hydrogens (tertiary/aromatic N) is 2. The Labute approximate surface area is 81.4 Å². The fourth-order valence-electron chi connectivity index (χ4n) is 1.02. The Morgan fingerprint density at radius 3 is 2.57 bits per heavy atom. The van der Waals surface area contributed by atoms with Crippen LogP contribution in [0, 0.1) is 0 Å². The van der Waals surface area contributed by atoms with Crippen molar-refractivity contribution in [2.75, 3.05) is 5.73 Å². The molecule has 0 bridgehead atoms. The Bertz CT molecular complexity index is 417. The number of anilines is 1. The quantitative estimate of drug-likeness (QED) is 0.779. The van der Waals surface area contributed by atoms with Crippen LogP contribution in [0.15, 0.2) is 42.6 Å². The standard InChI is InChI=1S/C10H9N3O/c11-10-12-7-6-9(13-10)14-8-4-2-1-3-5-8/h1-7H,(H2,11,12,13). The highest BCUT2D eigenvalue weighted by atomic mass is 16.5. The summed E-state index contributed by atoms with van der Waals surface area (Å²) in [5.74, 6) is 1.38. The highest BCUT2D eigenvalue weighted by molar-refractivity contribution is 5.28. The molecular weight excluding hydrogens is 178 g/mol. The van der Waals surface area contributed by atoms with Crippen LogP contribution in [-0.2, 0) is 0 Å². The molecule has 0 aliphatic heterocycles. The van der Waals surface area contributed by atoms with Crippen molar-refractivity contribution in [3.05, 3.63) is 42.6 Å². The van der Waals surface area contributed by atoms with Gasteiger partial charge in [-0.3, -0.25) is 0 Å². The topological polar surface area (TPSA) is 61.0 Å². The van der Waals surface area contributed by atoms with E-state index in [1.165, 1.54) is 0 Å². The predicted molar refractivity (Wildman–Crippen MR) is 53.0 cm³/mol. The highest BCUT2D eigenvalue weighted by Crippen LogP contribution is 2.17. The fraction of sp³-hybridized carbons (Fsp3) is 0. The fourth-order valence-corrected chi connectivity index (χ4v) is 1.02. The number of nitrogen functional groups attached to an aromatic ring is 1. The lowest BCUT2D eigenvalue weighted by molar-refractivity contribution is 0.462. The Hall–Kier alpha value is -2.10. The minimum Gasteiger partial charge on any atom is -0.439 e. The van der Waals surface area contributed by atoms with E-state index >= 15 is 0 Å². The number of ether oxygens (including phenoxy) is 1. The minimum atomic E-state index is 0.207. The van der Waals surface area contributed by atoms with Crippen LogP contribution in [0.5, 0.6) is 11.6 Å². The van der Waals surface area contributed by atoms with E-state index in [2.05, 4.69) is 9.97 Å². The molecule has 4 heteroatoms. The molecule has 1 aromatic heterocycles. The van der Waals surface area contributed by atoms with Crippen molar-refractivity contribution in [1.82, 2.24) is 9.97 Å². The van der Waals surface area contributed by atoms with Crippen LogP contribution >= 0.6 is 0 Å². The first-order valence-corrected chi connectivity index (χ1v) is 4.16. The molecule has 2 rings (SSSR count). The third-order valence-corrected chi connectivity index (χ3v) is 1.61. The summed E-state index contributed by atoms with van der Waals surface area (Å²) < 4.78 is 5.43. The van der Waals surface area contributed by atoms with Crippen LogP contribution in [0.4, 0.5) is 5.95 Å². The number of nitrogens with two attached hydrogens (primary N) is 1. The molecule has 2 aromatic rings. The summed E-state index contributed by atoms with van der Waals surface area (Å²) in [6, 6.07) is 11.0. The minimum absolute atomic E-state index is 0.207. The molecule has 0 aliphatic rings. The van der Waals surface area contributed by atoms with Crippen molar-refractivity contribution in [3.63, 3.8) is 0 Å². The summed E-state index contributed by atoms with van der Waals surface area (Å²) >= 11 is 0. The van der Waals surface area contributed by atoms with Crippen LogP contribution in [0.25, 0.3) is 0 Å². The van der Waals surface area contributed by atoms with Crippen LogP contribution in [0.3, 0.4) is 0 Å². The van der Waals surface area contributed by atoms with Crippen molar-refractivity contribution in [2.45, 2.75) is 0 Å². The van der Waals surface area contributed by atoms with Crippen molar-refractivity contribution in [1.29, 1.82) is 0 Å². The van der Waals surface area contributed by atoms with E-state index in [-0.39, 0.29) is 5.95 Å². The molecule has 0 aliphatic carbocycles. The summed E-state index contributed by atoms with van der Waals surface area (Å²) in [6.07, 6.45) is 1.56. The maximum atomic E-state index is 5.43. The second-order valence-electron chi connectivity index (χ2n) is 2.67. The zero-order chi connectivity index (χ0) is 9.80. The second-order valence-corrected chi connectivity index (χ2v) is 2.67. The molecule has 0 unspecified atom stereocenters. The maximum Gasteiger partial charge on any atom is 0.224 e. The Morgan fingerprint density at radius 1 is 1.07 bits per heavy atom. The van der Waals surface area contributed by atoms with E-state index < -0.39 is 0 Å². The monoisotopic (exact) mass is 187 g/mol. The van der Waals surface area contributed by atoms with Gasteiger partial charge in [-0.05, 0) is 12.1 Å². The first-order valence-electron chi connectivity index (χ1n) is 4.16. The van der Waals surface area contributed by atoms with Gasteiger partial charge in [-0.2, -0.15) is 4.98 Å². The summed E-state index contributed by atoms with van der Waals surface area (Å²) in [5, 5.41) is 0. The van der Waals surface area contributed by atoms with Gasteiger partial charge < -0.3 is 10.5 Å². The Balaban J connectivity index is 2.19. The second kappa shape index (κ2) is 3.74. The first-order chi connectivity index (χ1) is 6.84. The van der Waals surface area contributed by atoms with E-state index in [9.17, 15) is 0 Å². The zero-order valence-corrected chi connectivity index (χ0v) is 7.42. The van der Waals surface area contributed by atoms with Crippen LogP contribution in [0.2, 0.25) is 0 Å². The van der Waals surface area contributed by atoms with E-state index in [4.69, 9.17) is 10.5 Å². The summed E-state index contributed by atoms with van der Waals surface area (Å²) in [6.45, 7) is 0. The molecule has 0 saturated carbocycles. The summed E-state index contributed by atoms with van der Waals surface area (Å²) in [5.41, 5.74) is 5.41. The number of para-hydroxylation sites is 1. The number of hydrogen-bond acceptors (Lipinski definition) is 4. The average Bonchev–Trinajstić information content (AvgIpc) is 2.19. The lowest BCUT2D eigenvalue weighted by Crippen LogP contribution is -1.95. The Kier molecular flexibility index (Phi) is 2.27. The molecule has 2 N–H and O–H groups in total. The van der Waals surface area contributed by atoms with Gasteiger partial charge in [-0.25, -0.2) is 4.98 Å². The SMILES string of the molecule is Nc1nccc(Oc2ccccc2)n1. The third-order valence-electron chi connectivity index (χ3n) is 1.61. The molecular formula is C10H9N3O. The molecule has 0 atom stereocenters. The van der Waals surface area contributed by atoms with Gasteiger partial charge in [-0.1, -0.05) is 18.2 Å². The number of aromatic nitrogens is 2. The lowest BCUT2D eigenvalue weighted by atomic mass is 10.3. The van der Waals surface area contributed by atoms with Crippen LogP contribution in [0.1, 0.15) is 0 Å². The van der Waals surface area contributed by atoms with Gasteiger partial charge >= 0.3 is 0 Å². The average molecular weight is 187 g/mol. The molecule has 4 nitrogen and oxygen atoms in total. The largest absolute Gasteiger partial charge is 0.439 e. The van der Waals surface area contributed by atoms with E-state index in [0.29, 0.717) is 5.88 Å². The van der Waals surface area contributed by atoms with Gasteiger partial charge in [0.15, 0.2) is 0 Å². The van der Waals surface area contributed by atoms with E-state index in [1.807, 2.05) is 30.3 Å². The molecule has 1 aromatic carbocycles.